The van der Waals surface area contributed by atoms with Crippen molar-refractivity contribution in [2.75, 3.05) is 7.11 Å². The summed E-state index contributed by atoms with van der Waals surface area (Å²) in [5.74, 6) is 0.867. The summed E-state index contributed by atoms with van der Waals surface area (Å²) in [5.41, 5.74) is 2.37. The van der Waals surface area contributed by atoms with Crippen LogP contribution in [-0.4, -0.2) is 28.3 Å². The smallest absolute Gasteiger partial charge is 0.176 e. The average Bonchev–Trinajstić information content (AvgIpc) is 2.97. The first-order valence-electron chi connectivity index (χ1n) is 5.85. The Bertz CT molecular complexity index is 526. The molecule has 1 heterocycles. The summed E-state index contributed by atoms with van der Waals surface area (Å²) in [6, 6.07) is 7.19. The van der Waals surface area contributed by atoms with Gasteiger partial charge in [-0.15, -0.1) is 10.2 Å². The third kappa shape index (κ3) is 3.54. The number of carbonyl (C=O) groups is 1. The molecule has 100 valence electrons. The van der Waals surface area contributed by atoms with Gasteiger partial charge < -0.3 is 4.74 Å². The molecule has 0 fully saturated rings. The summed E-state index contributed by atoms with van der Waals surface area (Å²) in [4.78, 5) is 12.4. The van der Waals surface area contributed by atoms with Gasteiger partial charge in [-0.2, -0.15) is 0 Å². The maximum Gasteiger partial charge on any atom is 0.176 e. The number of aromatic nitrogens is 2. The van der Waals surface area contributed by atoms with Crippen molar-refractivity contribution in [2.45, 2.75) is 22.9 Å². The highest BCUT2D eigenvalue weighted by atomic mass is 32.2. The lowest BCUT2D eigenvalue weighted by Gasteiger charge is -2.11. The third-order valence-corrected chi connectivity index (χ3v) is 4.80. The summed E-state index contributed by atoms with van der Waals surface area (Å²) in [6.07, 6.45) is 0.759. The Morgan fingerprint density at radius 2 is 2.16 bits per heavy atom. The minimum atomic E-state index is -0.124. The second-order valence-electron chi connectivity index (χ2n) is 3.81. The van der Waals surface area contributed by atoms with Crippen LogP contribution in [0.15, 0.2) is 34.1 Å². The van der Waals surface area contributed by atoms with E-state index in [0.717, 1.165) is 16.5 Å². The topological polar surface area (TPSA) is 52.1 Å². The molecular formula is C13H14N2O2S2. The number of hydrogen-bond donors (Lipinski definition) is 0. The Hall–Kier alpha value is -1.40. The molecule has 0 radical (unpaired) electrons. The van der Waals surface area contributed by atoms with E-state index < -0.39 is 0 Å². The van der Waals surface area contributed by atoms with Gasteiger partial charge in [0, 0.05) is 5.56 Å². The maximum absolute atomic E-state index is 12.4. The zero-order valence-corrected chi connectivity index (χ0v) is 12.3. The molecule has 0 aliphatic carbocycles. The highest BCUT2D eigenvalue weighted by Crippen LogP contribution is 2.29. The standard InChI is InChI=1S/C13H14N2O2S2/c1-3-11(19-13-15-14-8-18-13)12(16)9-4-6-10(17-2)7-5-9/h4-8,11H,3H2,1-2H3. The molecule has 6 heteroatoms. The minimum Gasteiger partial charge on any atom is -0.497 e. The molecule has 0 saturated carbocycles. The molecule has 2 aromatic rings. The van der Waals surface area contributed by atoms with Gasteiger partial charge in [-0.1, -0.05) is 30.0 Å². The van der Waals surface area contributed by atoms with Crippen LogP contribution in [0.25, 0.3) is 0 Å². The average molecular weight is 294 g/mol. The first-order valence-corrected chi connectivity index (χ1v) is 7.61. The van der Waals surface area contributed by atoms with E-state index in [1.807, 2.05) is 6.92 Å². The van der Waals surface area contributed by atoms with E-state index >= 15 is 0 Å². The molecule has 19 heavy (non-hydrogen) atoms. The summed E-state index contributed by atoms with van der Waals surface area (Å²) >= 11 is 2.93. The number of ether oxygens (including phenoxy) is 1. The van der Waals surface area contributed by atoms with Crippen LogP contribution in [0.2, 0.25) is 0 Å². The van der Waals surface area contributed by atoms with Gasteiger partial charge in [-0.25, -0.2) is 0 Å². The second-order valence-corrected chi connectivity index (χ2v) is 6.10. The number of carbonyl (C=O) groups excluding carboxylic acids is 1. The first kappa shape index (κ1) is 14.0. The molecule has 0 amide bonds. The lowest BCUT2D eigenvalue weighted by atomic mass is 10.1. The van der Waals surface area contributed by atoms with E-state index in [4.69, 9.17) is 4.74 Å². The molecule has 0 saturated heterocycles. The fourth-order valence-corrected chi connectivity index (χ4v) is 3.33. The number of Topliss-reactive ketones (excluding diaryl/α,β-unsaturated/α-hetero) is 1. The highest BCUT2D eigenvalue weighted by molar-refractivity contribution is 8.02. The van der Waals surface area contributed by atoms with Crippen LogP contribution in [0, 0.1) is 0 Å². The summed E-state index contributed by atoms with van der Waals surface area (Å²) < 4.78 is 5.92. The van der Waals surface area contributed by atoms with Gasteiger partial charge in [0.2, 0.25) is 0 Å². The molecule has 0 aliphatic heterocycles. The van der Waals surface area contributed by atoms with E-state index in [0.29, 0.717) is 5.56 Å². The van der Waals surface area contributed by atoms with Crippen LogP contribution in [0.1, 0.15) is 23.7 Å². The second kappa shape index (κ2) is 6.68. The monoisotopic (exact) mass is 294 g/mol. The fraction of sp³-hybridized carbons (Fsp3) is 0.308. The van der Waals surface area contributed by atoms with E-state index in [-0.39, 0.29) is 11.0 Å². The van der Waals surface area contributed by atoms with E-state index in [1.54, 1.807) is 36.9 Å². The molecule has 4 nitrogen and oxygen atoms in total. The molecule has 1 aromatic heterocycles. The minimum absolute atomic E-state index is 0.116. The van der Waals surface area contributed by atoms with Crippen molar-refractivity contribution < 1.29 is 9.53 Å². The van der Waals surface area contributed by atoms with Crippen LogP contribution in [0.4, 0.5) is 0 Å². The Kier molecular flexibility index (Phi) is 4.93. The zero-order chi connectivity index (χ0) is 13.7. The van der Waals surface area contributed by atoms with Crippen LogP contribution in [-0.2, 0) is 0 Å². The number of hydrogen-bond acceptors (Lipinski definition) is 6. The van der Waals surface area contributed by atoms with E-state index in [1.165, 1.54) is 23.1 Å². The van der Waals surface area contributed by atoms with Crippen LogP contribution in [0.3, 0.4) is 0 Å². The van der Waals surface area contributed by atoms with Crippen molar-refractivity contribution in [2.24, 2.45) is 0 Å². The van der Waals surface area contributed by atoms with Crippen molar-refractivity contribution in [1.29, 1.82) is 0 Å². The summed E-state index contributed by atoms with van der Waals surface area (Å²) in [7, 11) is 1.61. The molecule has 0 bridgehead atoms. The van der Waals surface area contributed by atoms with E-state index in [9.17, 15) is 4.79 Å². The summed E-state index contributed by atoms with van der Waals surface area (Å²) in [6.45, 7) is 2.00. The highest BCUT2D eigenvalue weighted by Gasteiger charge is 2.20. The molecule has 1 unspecified atom stereocenters. The van der Waals surface area contributed by atoms with Gasteiger partial charge in [0.05, 0.1) is 12.4 Å². The zero-order valence-electron chi connectivity index (χ0n) is 10.7. The number of nitrogens with zero attached hydrogens (tertiary/aromatic N) is 2. The van der Waals surface area contributed by atoms with Gasteiger partial charge in [0.25, 0.3) is 0 Å². The van der Waals surface area contributed by atoms with Crippen molar-refractivity contribution >= 4 is 28.9 Å². The third-order valence-electron chi connectivity index (χ3n) is 2.62. The van der Waals surface area contributed by atoms with Crippen molar-refractivity contribution in [1.82, 2.24) is 10.2 Å². The fourth-order valence-electron chi connectivity index (χ4n) is 1.60. The van der Waals surface area contributed by atoms with Crippen LogP contribution in [0.5, 0.6) is 5.75 Å². The number of ketones is 1. The number of rotatable bonds is 6. The SMILES string of the molecule is CCC(Sc1nncs1)C(=O)c1ccc(OC)cc1. The predicted octanol–water partition coefficient (Wildman–Crippen LogP) is 3.30. The largest absolute Gasteiger partial charge is 0.497 e. The molecule has 2 rings (SSSR count). The van der Waals surface area contributed by atoms with Gasteiger partial charge in [-0.05, 0) is 30.7 Å². The Morgan fingerprint density at radius 1 is 1.42 bits per heavy atom. The number of methoxy groups -OCH3 is 1. The predicted molar refractivity (Wildman–Crippen MR) is 77.2 cm³/mol. The lowest BCUT2D eigenvalue weighted by molar-refractivity contribution is 0.0988. The molecule has 1 atom stereocenters. The Labute approximate surface area is 120 Å². The summed E-state index contributed by atoms with van der Waals surface area (Å²) in [5, 5.41) is 7.63. The Morgan fingerprint density at radius 3 is 2.68 bits per heavy atom. The number of benzene rings is 1. The molecule has 1 aromatic carbocycles. The van der Waals surface area contributed by atoms with E-state index in [2.05, 4.69) is 10.2 Å². The van der Waals surface area contributed by atoms with Gasteiger partial charge >= 0.3 is 0 Å². The Balaban J connectivity index is 2.10. The molecule has 0 N–H and O–H groups in total. The molecular weight excluding hydrogens is 280 g/mol. The lowest BCUT2D eigenvalue weighted by Crippen LogP contribution is -2.16. The molecule has 0 aliphatic rings. The van der Waals surface area contributed by atoms with Crippen molar-refractivity contribution in [3.8, 4) is 5.75 Å². The van der Waals surface area contributed by atoms with Crippen molar-refractivity contribution in [3.63, 3.8) is 0 Å². The van der Waals surface area contributed by atoms with Crippen LogP contribution < -0.4 is 4.74 Å². The number of thioether (sulfide) groups is 1. The normalized spacial score (nSPS) is 12.1. The van der Waals surface area contributed by atoms with Gasteiger partial charge in [0.15, 0.2) is 10.1 Å². The first-order chi connectivity index (χ1) is 9.24. The molecule has 0 spiro atoms. The van der Waals surface area contributed by atoms with Crippen LogP contribution >= 0.6 is 23.1 Å². The maximum atomic E-state index is 12.4. The van der Waals surface area contributed by atoms with Gasteiger partial charge in [-0.3, -0.25) is 4.79 Å². The van der Waals surface area contributed by atoms with Crippen molar-refractivity contribution in [3.05, 3.63) is 35.3 Å². The van der Waals surface area contributed by atoms with Gasteiger partial charge in [0.1, 0.15) is 11.3 Å². The quantitative estimate of drug-likeness (QED) is 0.604.